The number of rotatable bonds is 3. The number of aromatic carboxylic acids is 1. The molecule has 1 heterocycles. The average molecular weight is 243 g/mol. The minimum Gasteiger partial charge on any atom is -0.478 e. The zero-order valence-electron chi connectivity index (χ0n) is 9.43. The van der Waals surface area contributed by atoms with Gasteiger partial charge in [0.2, 0.25) is 0 Å². The van der Waals surface area contributed by atoms with E-state index in [4.69, 9.17) is 5.11 Å². The molecule has 0 amide bonds. The van der Waals surface area contributed by atoms with Gasteiger partial charge >= 0.3 is 5.97 Å². The summed E-state index contributed by atoms with van der Waals surface area (Å²) >= 11 is 0. The Balaban J connectivity index is 2.46. The fraction of sp³-hybridized carbons (Fsp3) is 0. The molecule has 0 saturated carbocycles. The van der Waals surface area contributed by atoms with Crippen LogP contribution in [0.4, 0.5) is 4.39 Å². The Morgan fingerprint density at radius 2 is 1.83 bits per heavy atom. The van der Waals surface area contributed by atoms with Gasteiger partial charge in [0.05, 0.1) is 5.56 Å². The Morgan fingerprint density at radius 3 is 2.44 bits per heavy atom. The summed E-state index contributed by atoms with van der Waals surface area (Å²) in [5.41, 5.74) is 1.71. The number of carbonyl (C=O) groups is 1. The predicted octanol–water partition coefficient (Wildman–Crippen LogP) is 2.98. The van der Waals surface area contributed by atoms with Crippen molar-refractivity contribution in [1.29, 1.82) is 0 Å². The maximum absolute atomic E-state index is 12.8. The molecule has 18 heavy (non-hydrogen) atoms. The van der Waals surface area contributed by atoms with Crippen molar-refractivity contribution in [1.82, 2.24) is 4.98 Å². The van der Waals surface area contributed by atoms with Gasteiger partial charge in [-0.1, -0.05) is 18.7 Å². The molecule has 3 nitrogen and oxygen atoms in total. The van der Waals surface area contributed by atoms with E-state index < -0.39 is 5.97 Å². The van der Waals surface area contributed by atoms with Crippen molar-refractivity contribution in [2.24, 2.45) is 0 Å². The molecule has 0 aliphatic rings. The van der Waals surface area contributed by atoms with Crippen LogP contribution < -0.4 is 0 Å². The lowest BCUT2D eigenvalue weighted by atomic mass is 9.97. The van der Waals surface area contributed by atoms with Crippen LogP contribution in [0.25, 0.3) is 5.57 Å². The SMILES string of the molecule is C=C(c1ccc(F)cc1)c1cnccc1C(=O)O. The van der Waals surface area contributed by atoms with E-state index in [1.54, 1.807) is 12.1 Å². The molecule has 2 rings (SSSR count). The molecule has 0 spiro atoms. The summed E-state index contributed by atoms with van der Waals surface area (Å²) in [5, 5.41) is 9.08. The van der Waals surface area contributed by atoms with Crippen molar-refractivity contribution in [2.75, 3.05) is 0 Å². The fourth-order valence-electron chi connectivity index (χ4n) is 1.63. The highest BCUT2D eigenvalue weighted by atomic mass is 19.1. The van der Waals surface area contributed by atoms with E-state index in [1.807, 2.05) is 0 Å². The van der Waals surface area contributed by atoms with Crippen molar-refractivity contribution in [2.45, 2.75) is 0 Å². The molecule has 2 aromatic rings. The molecule has 1 aromatic heterocycles. The van der Waals surface area contributed by atoms with Crippen LogP contribution in [0.3, 0.4) is 0 Å². The highest BCUT2D eigenvalue weighted by molar-refractivity contribution is 5.96. The minimum absolute atomic E-state index is 0.124. The molecule has 0 aliphatic heterocycles. The summed E-state index contributed by atoms with van der Waals surface area (Å²) in [6.45, 7) is 3.84. The first-order valence-corrected chi connectivity index (χ1v) is 5.22. The van der Waals surface area contributed by atoms with E-state index >= 15 is 0 Å². The molecular weight excluding hydrogens is 233 g/mol. The second-order valence-electron chi connectivity index (χ2n) is 3.71. The van der Waals surface area contributed by atoms with Gasteiger partial charge in [-0.2, -0.15) is 0 Å². The average Bonchev–Trinajstić information content (AvgIpc) is 2.39. The first-order valence-electron chi connectivity index (χ1n) is 5.22. The van der Waals surface area contributed by atoms with Crippen LogP contribution in [0.15, 0.2) is 49.3 Å². The molecule has 90 valence electrons. The number of halogens is 1. The van der Waals surface area contributed by atoms with Crippen molar-refractivity contribution in [3.63, 3.8) is 0 Å². The monoisotopic (exact) mass is 243 g/mol. The molecule has 0 atom stereocenters. The third-order valence-electron chi connectivity index (χ3n) is 2.57. The molecule has 1 aromatic carbocycles. The number of hydrogen-bond acceptors (Lipinski definition) is 2. The molecule has 0 radical (unpaired) electrons. The first kappa shape index (κ1) is 12.0. The van der Waals surface area contributed by atoms with Gasteiger partial charge in [0.1, 0.15) is 5.82 Å². The summed E-state index contributed by atoms with van der Waals surface area (Å²) in [5.74, 6) is -1.40. The Morgan fingerprint density at radius 1 is 1.17 bits per heavy atom. The zero-order valence-corrected chi connectivity index (χ0v) is 9.43. The van der Waals surface area contributed by atoms with Gasteiger partial charge in [0.15, 0.2) is 0 Å². The molecule has 1 N–H and O–H groups in total. The standard InChI is InChI=1S/C14H10FNO2/c1-9(10-2-4-11(15)5-3-10)13-8-16-7-6-12(13)14(17)18/h2-8H,1H2,(H,17,18). The van der Waals surface area contributed by atoms with Crippen molar-refractivity contribution < 1.29 is 14.3 Å². The Bertz CT molecular complexity index is 605. The lowest BCUT2D eigenvalue weighted by Crippen LogP contribution is -2.02. The topological polar surface area (TPSA) is 50.2 Å². The molecule has 0 aliphatic carbocycles. The molecule has 0 unspecified atom stereocenters. The number of hydrogen-bond donors (Lipinski definition) is 1. The summed E-state index contributed by atoms with van der Waals surface area (Å²) in [7, 11) is 0. The van der Waals surface area contributed by atoms with Gasteiger partial charge in [-0.3, -0.25) is 4.98 Å². The van der Waals surface area contributed by atoms with E-state index in [0.717, 1.165) is 0 Å². The van der Waals surface area contributed by atoms with Gasteiger partial charge in [0.25, 0.3) is 0 Å². The van der Waals surface area contributed by atoms with E-state index in [0.29, 0.717) is 16.7 Å². The van der Waals surface area contributed by atoms with E-state index in [9.17, 15) is 9.18 Å². The summed E-state index contributed by atoms with van der Waals surface area (Å²) in [4.78, 5) is 15.0. The Labute approximate surface area is 103 Å². The smallest absolute Gasteiger partial charge is 0.336 e. The van der Waals surface area contributed by atoms with Crippen LogP contribution in [-0.4, -0.2) is 16.1 Å². The molecule has 4 heteroatoms. The van der Waals surface area contributed by atoms with Gasteiger partial charge in [0, 0.05) is 18.0 Å². The van der Waals surface area contributed by atoms with Gasteiger partial charge < -0.3 is 5.11 Å². The van der Waals surface area contributed by atoms with Gasteiger partial charge in [-0.05, 0) is 29.3 Å². The van der Waals surface area contributed by atoms with Crippen molar-refractivity contribution in [3.05, 3.63) is 71.8 Å². The van der Waals surface area contributed by atoms with Crippen LogP contribution in [0.2, 0.25) is 0 Å². The maximum atomic E-state index is 12.8. The molecule has 0 fully saturated rings. The second kappa shape index (κ2) is 4.79. The van der Waals surface area contributed by atoms with Crippen molar-refractivity contribution in [3.8, 4) is 0 Å². The minimum atomic E-state index is -1.05. The molecule has 0 saturated heterocycles. The van der Waals surface area contributed by atoms with Crippen LogP contribution in [-0.2, 0) is 0 Å². The fourth-order valence-corrected chi connectivity index (χ4v) is 1.63. The van der Waals surface area contributed by atoms with Gasteiger partial charge in [-0.15, -0.1) is 0 Å². The van der Waals surface area contributed by atoms with Crippen LogP contribution in [0.5, 0.6) is 0 Å². The van der Waals surface area contributed by atoms with E-state index in [-0.39, 0.29) is 11.4 Å². The van der Waals surface area contributed by atoms with Crippen molar-refractivity contribution >= 4 is 11.5 Å². The lowest BCUT2D eigenvalue weighted by Gasteiger charge is -2.08. The Hall–Kier alpha value is -2.49. The summed E-state index contributed by atoms with van der Waals surface area (Å²) in [6, 6.07) is 7.12. The van der Waals surface area contributed by atoms with Gasteiger partial charge in [-0.25, -0.2) is 9.18 Å². The highest BCUT2D eigenvalue weighted by Gasteiger charge is 2.13. The normalized spacial score (nSPS) is 10.1. The lowest BCUT2D eigenvalue weighted by molar-refractivity contribution is 0.0696. The van der Waals surface area contributed by atoms with Crippen LogP contribution >= 0.6 is 0 Å². The quantitative estimate of drug-likeness (QED) is 0.901. The summed E-state index contributed by atoms with van der Waals surface area (Å²) in [6.07, 6.45) is 2.85. The number of carboxylic acids is 1. The number of aromatic nitrogens is 1. The number of pyridine rings is 1. The third kappa shape index (κ3) is 2.27. The van der Waals surface area contributed by atoms with E-state index in [1.165, 1.54) is 30.6 Å². The summed E-state index contributed by atoms with van der Waals surface area (Å²) < 4.78 is 12.8. The number of carboxylic acid groups (broad SMARTS) is 1. The number of benzene rings is 1. The van der Waals surface area contributed by atoms with Crippen LogP contribution in [0.1, 0.15) is 21.5 Å². The van der Waals surface area contributed by atoms with E-state index in [2.05, 4.69) is 11.6 Å². The second-order valence-corrected chi connectivity index (χ2v) is 3.71. The van der Waals surface area contributed by atoms with Crippen LogP contribution in [0, 0.1) is 5.82 Å². The first-order chi connectivity index (χ1) is 8.59. The zero-order chi connectivity index (χ0) is 13.1. The third-order valence-corrected chi connectivity index (χ3v) is 2.57. The number of nitrogens with zero attached hydrogens (tertiary/aromatic N) is 1. The largest absolute Gasteiger partial charge is 0.478 e. The highest BCUT2D eigenvalue weighted by Crippen LogP contribution is 2.24. The maximum Gasteiger partial charge on any atom is 0.336 e. The predicted molar refractivity (Wildman–Crippen MR) is 65.7 cm³/mol. The molecular formula is C14H10FNO2. The Kier molecular flexibility index (Phi) is 3.19. The molecule has 0 bridgehead atoms.